The molecule has 1 heterocycles. The number of hydrogen-bond acceptors (Lipinski definition) is 4. The molecule has 186 valence electrons. The standard InChI is InChI=1S/C11H15N.C8H10O.C5H12.C4H10.CHNO/c1-8(2)12-11-9(3)6-5-7-10(11)4;1-6-4-3-5-8(9)7(6)2;1-4-5(2)3;1-3-4-2;1-2-3-1/h5-7H,1-4H3;3-5,9H,1-2H3;5H,4H2,1-3H3;3-4H2,1-2H3;1H. The van der Waals surface area contributed by atoms with Crippen molar-refractivity contribution in [2.24, 2.45) is 16.1 Å². The fourth-order valence-electron chi connectivity index (χ4n) is 1.94. The summed E-state index contributed by atoms with van der Waals surface area (Å²) in [4.78, 5) is 8.48. The fraction of sp³-hybridized carbons (Fsp3) is 0.517. The van der Waals surface area contributed by atoms with E-state index >= 15 is 0 Å². The zero-order valence-corrected chi connectivity index (χ0v) is 23.0. The second kappa shape index (κ2) is 20.0. The Hall–Kier alpha value is -2.62. The first kappa shape index (κ1) is 32.6. The normalized spacial score (nSPS) is 9.94. The third-order valence-corrected chi connectivity index (χ3v) is 4.77. The second-order valence-electron chi connectivity index (χ2n) is 8.64. The molecule has 0 atom stereocenters. The van der Waals surface area contributed by atoms with Gasteiger partial charge in [0, 0.05) is 5.71 Å². The van der Waals surface area contributed by atoms with E-state index in [1.54, 1.807) is 6.07 Å². The molecule has 0 radical (unpaired) electrons. The van der Waals surface area contributed by atoms with Crippen molar-refractivity contribution < 1.29 is 9.94 Å². The summed E-state index contributed by atoms with van der Waals surface area (Å²) in [5.74, 6) is 1.27. The quantitative estimate of drug-likeness (QED) is 0.468. The fourth-order valence-corrected chi connectivity index (χ4v) is 1.94. The summed E-state index contributed by atoms with van der Waals surface area (Å²) in [5.41, 5.74) is 6.82. The molecular formula is C29H48N2O2. The summed E-state index contributed by atoms with van der Waals surface area (Å²) >= 11 is 0. The highest BCUT2D eigenvalue weighted by molar-refractivity contribution is 5.83. The smallest absolute Gasteiger partial charge is 0.249 e. The molecule has 0 bridgehead atoms. The number of rotatable bonds is 3. The van der Waals surface area contributed by atoms with Crippen LogP contribution >= 0.6 is 0 Å². The first-order chi connectivity index (χ1) is 15.5. The lowest BCUT2D eigenvalue weighted by atomic mass is 10.1. The Kier molecular flexibility index (Phi) is 19.8. The maximum atomic E-state index is 9.10. The Bertz CT molecular complexity index is 774. The van der Waals surface area contributed by atoms with Crippen molar-refractivity contribution in [3.63, 3.8) is 0 Å². The van der Waals surface area contributed by atoms with E-state index < -0.39 is 0 Å². The van der Waals surface area contributed by atoms with Crippen molar-refractivity contribution in [2.75, 3.05) is 0 Å². The van der Waals surface area contributed by atoms with Gasteiger partial charge >= 0.3 is 0 Å². The van der Waals surface area contributed by atoms with Gasteiger partial charge in [0.2, 0.25) is 6.40 Å². The van der Waals surface area contributed by atoms with E-state index in [1.165, 1.54) is 36.8 Å². The Balaban J connectivity index is 0. The summed E-state index contributed by atoms with van der Waals surface area (Å²) in [6.07, 6.45) is 5.32. The topological polar surface area (TPSA) is 57.5 Å². The molecule has 2 aromatic carbocycles. The monoisotopic (exact) mass is 456 g/mol. The molecule has 0 spiro atoms. The number of hydrogen-bond donors (Lipinski definition) is 1. The first-order valence-corrected chi connectivity index (χ1v) is 12.0. The molecule has 4 nitrogen and oxygen atoms in total. The molecule has 0 amide bonds. The summed E-state index contributed by atoms with van der Waals surface area (Å²) < 4.78 is 0. The van der Waals surface area contributed by atoms with Crippen molar-refractivity contribution >= 4 is 17.8 Å². The van der Waals surface area contributed by atoms with E-state index in [2.05, 4.69) is 81.7 Å². The van der Waals surface area contributed by atoms with Gasteiger partial charge in [0.1, 0.15) is 5.75 Å². The van der Waals surface area contributed by atoms with Gasteiger partial charge in [-0.3, -0.25) is 4.99 Å². The van der Waals surface area contributed by atoms with Crippen molar-refractivity contribution in [1.82, 2.24) is 0 Å². The lowest BCUT2D eigenvalue weighted by Crippen LogP contribution is -1.84. The van der Waals surface area contributed by atoms with Gasteiger partial charge in [0.15, 0.2) is 0 Å². The van der Waals surface area contributed by atoms with E-state index in [9.17, 15) is 0 Å². The SMILES string of the molecule is C1=NO1.CC(C)=Nc1c(C)cccc1C.CCC(C)C.CCCC.Cc1cccc(O)c1C. The largest absolute Gasteiger partial charge is 0.508 e. The second-order valence-corrected chi connectivity index (χ2v) is 8.64. The molecule has 0 saturated carbocycles. The van der Waals surface area contributed by atoms with Crippen molar-refractivity contribution in [1.29, 1.82) is 0 Å². The van der Waals surface area contributed by atoms with Crippen LogP contribution in [0.1, 0.15) is 90.0 Å². The van der Waals surface area contributed by atoms with Crippen LogP contribution in [0, 0.1) is 33.6 Å². The van der Waals surface area contributed by atoms with Gasteiger partial charge in [0.25, 0.3) is 0 Å². The minimum Gasteiger partial charge on any atom is -0.508 e. The third kappa shape index (κ3) is 19.8. The summed E-state index contributed by atoms with van der Waals surface area (Å²) in [5, 5.41) is 12.2. The maximum Gasteiger partial charge on any atom is 0.249 e. The van der Waals surface area contributed by atoms with Gasteiger partial charge in [-0.25, -0.2) is 0 Å². The number of phenols is 1. The molecule has 0 aromatic heterocycles. The van der Waals surface area contributed by atoms with Gasteiger partial charge in [-0.2, -0.15) is 0 Å². The predicted octanol–water partition coefficient (Wildman–Crippen LogP) is 9.24. The highest BCUT2D eigenvalue weighted by atomic mass is 16.7. The summed E-state index contributed by atoms with van der Waals surface area (Å²) in [6, 6.07) is 11.8. The van der Waals surface area contributed by atoms with Gasteiger partial charge in [-0.05, 0) is 80.9 Å². The number of oxime groups is 1. The highest BCUT2D eigenvalue weighted by Crippen LogP contribution is 2.22. The molecule has 3 rings (SSSR count). The van der Waals surface area contributed by atoms with Crippen LogP contribution in [-0.2, 0) is 4.84 Å². The Morgan fingerprint density at radius 2 is 1.27 bits per heavy atom. The summed E-state index contributed by atoms with van der Waals surface area (Å²) in [6.45, 7) is 23.1. The van der Waals surface area contributed by atoms with Crippen LogP contribution in [0.25, 0.3) is 0 Å². The number of nitrogens with zero attached hydrogens (tertiary/aromatic N) is 2. The Labute approximate surface area is 203 Å². The number of aromatic hydroxyl groups is 1. The van der Waals surface area contributed by atoms with Gasteiger partial charge < -0.3 is 9.94 Å². The van der Waals surface area contributed by atoms with E-state index in [4.69, 9.17) is 5.11 Å². The van der Waals surface area contributed by atoms with Gasteiger partial charge in [-0.1, -0.05) is 84.2 Å². The predicted molar refractivity (Wildman–Crippen MR) is 147 cm³/mol. The summed E-state index contributed by atoms with van der Waals surface area (Å²) in [7, 11) is 0. The van der Waals surface area contributed by atoms with Crippen LogP contribution in [0.3, 0.4) is 0 Å². The van der Waals surface area contributed by atoms with Crippen molar-refractivity contribution in [2.45, 2.75) is 95.4 Å². The first-order valence-electron chi connectivity index (χ1n) is 12.0. The number of phenolic OH excluding ortho intramolecular Hbond substituents is 1. The zero-order chi connectivity index (χ0) is 25.8. The number of unbranched alkanes of at least 4 members (excludes halogenated alkanes) is 1. The molecular weight excluding hydrogens is 408 g/mol. The maximum absolute atomic E-state index is 9.10. The average molecular weight is 457 g/mol. The van der Waals surface area contributed by atoms with E-state index in [0.717, 1.165) is 28.4 Å². The lowest BCUT2D eigenvalue weighted by molar-refractivity contribution is 0.470. The van der Waals surface area contributed by atoms with Crippen LogP contribution < -0.4 is 0 Å². The number of aryl methyl sites for hydroxylation is 3. The van der Waals surface area contributed by atoms with E-state index in [0.29, 0.717) is 5.75 Å². The van der Waals surface area contributed by atoms with E-state index in [1.807, 2.05) is 39.8 Å². The van der Waals surface area contributed by atoms with Crippen LogP contribution in [0.5, 0.6) is 5.75 Å². The van der Waals surface area contributed by atoms with Crippen molar-refractivity contribution in [3.05, 3.63) is 58.7 Å². The lowest BCUT2D eigenvalue weighted by Gasteiger charge is -2.03. The Morgan fingerprint density at radius 1 is 0.879 bits per heavy atom. The average Bonchev–Trinajstić information content (AvgIpc) is 3.65. The molecule has 2 aromatic rings. The molecule has 0 unspecified atom stereocenters. The molecule has 0 aliphatic carbocycles. The minimum absolute atomic E-state index is 0.384. The molecule has 0 fully saturated rings. The van der Waals surface area contributed by atoms with Gasteiger partial charge in [0.05, 0.1) is 5.69 Å². The van der Waals surface area contributed by atoms with Crippen LogP contribution in [-0.4, -0.2) is 17.2 Å². The van der Waals surface area contributed by atoms with Crippen LogP contribution in [0.15, 0.2) is 46.5 Å². The van der Waals surface area contributed by atoms with E-state index in [-0.39, 0.29) is 0 Å². The molecule has 1 N–H and O–H groups in total. The highest BCUT2D eigenvalue weighted by Gasteiger charge is 1.98. The van der Waals surface area contributed by atoms with Crippen molar-refractivity contribution in [3.8, 4) is 5.75 Å². The molecule has 0 saturated heterocycles. The van der Waals surface area contributed by atoms with Crippen LogP contribution in [0.4, 0.5) is 5.69 Å². The molecule has 33 heavy (non-hydrogen) atoms. The Morgan fingerprint density at radius 3 is 1.55 bits per heavy atom. The van der Waals surface area contributed by atoms with Gasteiger partial charge in [-0.15, -0.1) is 0 Å². The minimum atomic E-state index is 0.384. The molecule has 1 aliphatic heterocycles. The molecule has 1 aliphatic rings. The number of para-hydroxylation sites is 1. The van der Waals surface area contributed by atoms with Crippen LogP contribution in [0.2, 0.25) is 0 Å². The number of aliphatic imine (C=N–C) groups is 1. The zero-order valence-electron chi connectivity index (χ0n) is 23.0. The third-order valence-electron chi connectivity index (χ3n) is 4.77. The number of benzene rings is 2. The molecule has 4 heteroatoms.